The van der Waals surface area contributed by atoms with Crippen LogP contribution in [0.2, 0.25) is 5.15 Å². The van der Waals surface area contributed by atoms with E-state index in [1.54, 1.807) is 38.8 Å². The number of amides is 2. The fourth-order valence-electron chi connectivity index (χ4n) is 7.21. The number of aromatic nitrogens is 4. The minimum absolute atomic E-state index is 0.0355. The highest BCUT2D eigenvalue weighted by Gasteiger charge is 2.31. The van der Waals surface area contributed by atoms with Crippen molar-refractivity contribution in [3.05, 3.63) is 61.9 Å². The van der Waals surface area contributed by atoms with Gasteiger partial charge in [0.05, 0.1) is 29.6 Å². The minimum atomic E-state index is 0.0355. The molecule has 11 nitrogen and oxygen atoms in total. The van der Waals surface area contributed by atoms with Crippen molar-refractivity contribution >= 4 is 84.2 Å². The summed E-state index contributed by atoms with van der Waals surface area (Å²) in [5.74, 6) is 2.13. The van der Waals surface area contributed by atoms with E-state index in [2.05, 4.69) is 63.1 Å². The van der Waals surface area contributed by atoms with E-state index in [9.17, 15) is 9.59 Å². The van der Waals surface area contributed by atoms with Crippen molar-refractivity contribution in [3.63, 3.8) is 0 Å². The topological polar surface area (TPSA) is 126 Å². The fraction of sp³-hybridized carbons (Fsp3) is 0.462. The lowest BCUT2D eigenvalue weighted by Gasteiger charge is -2.24. The monoisotopic (exact) mass is 772 g/mol. The zero-order valence-corrected chi connectivity index (χ0v) is 33.6. The van der Waals surface area contributed by atoms with Gasteiger partial charge in [-0.1, -0.05) is 32.4 Å². The Hall–Kier alpha value is -4.20. The summed E-state index contributed by atoms with van der Waals surface area (Å²) in [7, 11) is 7.28. The van der Waals surface area contributed by atoms with Gasteiger partial charge in [0, 0.05) is 56.0 Å². The molecule has 278 valence electrons. The van der Waals surface area contributed by atoms with Gasteiger partial charge in [-0.3, -0.25) is 14.6 Å². The number of ether oxygens (including phenoxy) is 1. The van der Waals surface area contributed by atoms with Gasteiger partial charge in [0.15, 0.2) is 0 Å². The van der Waals surface area contributed by atoms with Gasteiger partial charge in [0.1, 0.15) is 39.0 Å². The van der Waals surface area contributed by atoms with Crippen molar-refractivity contribution < 1.29 is 14.3 Å². The number of fused-ring (bicyclic) bond motifs is 7. The molecule has 5 aromatic rings. The zero-order chi connectivity index (χ0) is 37.6. The molecule has 2 atom stereocenters. The second-order valence-electron chi connectivity index (χ2n) is 15.6. The second-order valence-corrected chi connectivity index (χ2v) is 18.1. The van der Waals surface area contributed by atoms with E-state index in [0.29, 0.717) is 18.3 Å². The number of thiophene rings is 2. The molecule has 1 aromatic carbocycles. The summed E-state index contributed by atoms with van der Waals surface area (Å²) >= 11 is 9.49. The number of hydrogen-bond acceptors (Lipinski definition) is 11. The molecular formula is C39H45ClN8O3S2. The van der Waals surface area contributed by atoms with Crippen LogP contribution in [0, 0.1) is 17.3 Å². The van der Waals surface area contributed by atoms with Crippen LogP contribution in [0.3, 0.4) is 0 Å². The molecule has 0 bridgehead atoms. The predicted octanol–water partition coefficient (Wildman–Crippen LogP) is 7.52. The minimum Gasteiger partial charge on any atom is -0.491 e. The Kier molecular flexibility index (Phi) is 10.4. The third kappa shape index (κ3) is 7.74. The molecule has 0 fully saturated rings. The zero-order valence-electron chi connectivity index (χ0n) is 31.2. The Balaban J connectivity index is 0.000000193. The van der Waals surface area contributed by atoms with Crippen LogP contribution in [0.15, 0.2) is 29.8 Å². The molecule has 0 spiro atoms. The molecule has 2 aliphatic carbocycles. The number of carbonyl (C=O) groups excluding carboxylic acids is 2. The Morgan fingerprint density at radius 3 is 2.06 bits per heavy atom. The van der Waals surface area contributed by atoms with Crippen molar-refractivity contribution in [2.75, 3.05) is 40.1 Å². The van der Waals surface area contributed by atoms with E-state index in [-0.39, 0.29) is 29.1 Å². The number of nitrogens with zero attached hydrogens (tertiary/aromatic N) is 7. The summed E-state index contributed by atoms with van der Waals surface area (Å²) in [5, 5.41) is 6.14. The Labute approximate surface area is 322 Å². The second kappa shape index (κ2) is 14.9. The van der Waals surface area contributed by atoms with Crippen molar-refractivity contribution in [1.82, 2.24) is 29.7 Å². The van der Waals surface area contributed by atoms with Crippen LogP contribution in [-0.4, -0.2) is 82.6 Å². The van der Waals surface area contributed by atoms with E-state index in [1.807, 2.05) is 34.4 Å². The molecule has 53 heavy (non-hydrogen) atoms. The average Bonchev–Trinajstić information content (AvgIpc) is 3.84. The van der Waals surface area contributed by atoms with E-state index < -0.39 is 0 Å². The third-order valence-electron chi connectivity index (χ3n) is 9.87. The standard InChI is InChI=1S/C26H31N5O2S.C13H14ClN3OS/c1-26(2,3)13-33-20-9-17-12-27-11-16(17)8-19(20)30-23-22-18-7-6-15(25(32)31(4)5)10-21(18)34-24(22)29-14-28-23;1-17(2)13(18)7-3-4-8-9(5-7)19-12-10(8)11(14)15-6-16-12/h8-9,11,14-15H,6-7,10,12-13H2,1-5H3,(H,28,29,30);6-7H,3-5H2,1-2H3/t15-;7-/m00/s1. The molecule has 2 amide bonds. The summed E-state index contributed by atoms with van der Waals surface area (Å²) in [4.78, 5) is 54.3. The molecule has 0 saturated heterocycles. The molecule has 1 aliphatic heterocycles. The van der Waals surface area contributed by atoms with Crippen molar-refractivity contribution in [1.29, 1.82) is 0 Å². The number of rotatable bonds is 6. The van der Waals surface area contributed by atoms with Gasteiger partial charge in [0.2, 0.25) is 11.8 Å². The molecule has 0 saturated carbocycles. The van der Waals surface area contributed by atoms with Crippen LogP contribution >= 0.6 is 34.3 Å². The number of aryl methyl sites for hydroxylation is 2. The molecule has 3 aliphatic rings. The quantitative estimate of drug-likeness (QED) is 0.176. The third-order valence-corrected chi connectivity index (χ3v) is 12.5. The molecule has 4 aromatic heterocycles. The van der Waals surface area contributed by atoms with Gasteiger partial charge >= 0.3 is 0 Å². The highest BCUT2D eigenvalue weighted by molar-refractivity contribution is 7.19. The van der Waals surface area contributed by atoms with E-state index in [0.717, 1.165) is 81.8 Å². The van der Waals surface area contributed by atoms with Crippen LogP contribution in [0.25, 0.3) is 20.4 Å². The fourth-order valence-corrected chi connectivity index (χ4v) is 10.0. The Bertz CT molecular complexity index is 2240. The first-order valence-electron chi connectivity index (χ1n) is 17.9. The highest BCUT2D eigenvalue weighted by Crippen LogP contribution is 2.43. The summed E-state index contributed by atoms with van der Waals surface area (Å²) in [5.41, 5.74) is 5.72. The summed E-state index contributed by atoms with van der Waals surface area (Å²) in [6.07, 6.45) is 10.0. The van der Waals surface area contributed by atoms with Crippen LogP contribution in [0.5, 0.6) is 5.75 Å². The largest absolute Gasteiger partial charge is 0.491 e. The van der Waals surface area contributed by atoms with E-state index in [1.165, 1.54) is 32.8 Å². The number of halogens is 1. The molecule has 14 heteroatoms. The summed E-state index contributed by atoms with van der Waals surface area (Å²) in [6, 6.07) is 4.19. The van der Waals surface area contributed by atoms with Crippen LogP contribution < -0.4 is 10.1 Å². The smallest absolute Gasteiger partial charge is 0.225 e. The lowest BCUT2D eigenvalue weighted by molar-refractivity contribution is -0.134. The van der Waals surface area contributed by atoms with Crippen molar-refractivity contribution in [3.8, 4) is 5.75 Å². The first kappa shape index (κ1) is 37.1. The molecule has 8 rings (SSSR count). The first-order chi connectivity index (χ1) is 25.3. The lowest BCUT2D eigenvalue weighted by Crippen LogP contribution is -2.32. The number of anilines is 2. The Morgan fingerprint density at radius 1 is 0.868 bits per heavy atom. The molecule has 0 unspecified atom stereocenters. The maximum Gasteiger partial charge on any atom is 0.225 e. The molecule has 0 radical (unpaired) electrons. The normalized spacial score (nSPS) is 17.4. The maximum atomic E-state index is 12.6. The predicted molar refractivity (Wildman–Crippen MR) is 214 cm³/mol. The molecule has 5 heterocycles. The average molecular weight is 773 g/mol. The number of benzene rings is 1. The van der Waals surface area contributed by atoms with Crippen LogP contribution in [0.4, 0.5) is 11.5 Å². The highest BCUT2D eigenvalue weighted by atomic mass is 35.5. The number of aliphatic imine (C=N–C) groups is 1. The number of carbonyl (C=O) groups is 2. The molecule has 1 N–H and O–H groups in total. The van der Waals surface area contributed by atoms with Gasteiger partial charge in [-0.2, -0.15) is 0 Å². The van der Waals surface area contributed by atoms with Gasteiger partial charge in [-0.15, -0.1) is 22.7 Å². The lowest BCUT2D eigenvalue weighted by atomic mass is 9.87. The van der Waals surface area contributed by atoms with Gasteiger partial charge < -0.3 is 19.9 Å². The Morgan fingerprint density at radius 2 is 1.45 bits per heavy atom. The van der Waals surface area contributed by atoms with Gasteiger partial charge in [0.25, 0.3) is 0 Å². The van der Waals surface area contributed by atoms with Crippen LogP contribution in [-0.2, 0) is 41.8 Å². The maximum absolute atomic E-state index is 12.6. The number of nitrogens with one attached hydrogen (secondary N) is 1. The summed E-state index contributed by atoms with van der Waals surface area (Å²) < 4.78 is 6.27. The van der Waals surface area contributed by atoms with Crippen molar-refractivity contribution in [2.24, 2.45) is 22.2 Å². The van der Waals surface area contributed by atoms with Crippen LogP contribution in [0.1, 0.15) is 65.6 Å². The van der Waals surface area contributed by atoms with Gasteiger partial charge in [-0.05, 0) is 78.3 Å². The summed E-state index contributed by atoms with van der Waals surface area (Å²) in [6.45, 7) is 7.78. The SMILES string of the molecule is CN(C)C(=O)[C@H]1CCc2c(sc3ncnc(Cl)c23)C1.CN(C)C(=O)[C@H]1CCc2c(sc3ncnc(Nc4cc5c(cc4OCC(C)(C)C)CN=C5)c23)C1. The number of hydrogen-bond donors (Lipinski definition) is 1. The molecular weight excluding hydrogens is 728 g/mol. The van der Waals surface area contributed by atoms with Gasteiger partial charge in [-0.25, -0.2) is 19.9 Å². The van der Waals surface area contributed by atoms with Crippen molar-refractivity contribution in [2.45, 2.75) is 65.8 Å². The van der Waals surface area contributed by atoms with E-state index >= 15 is 0 Å². The van der Waals surface area contributed by atoms with E-state index in [4.69, 9.17) is 16.3 Å². The first-order valence-corrected chi connectivity index (χ1v) is 19.9.